The third-order valence-corrected chi connectivity index (χ3v) is 4.11. The number of nitrogens with zero attached hydrogens (tertiary/aromatic N) is 6. The monoisotopic (exact) mass is 298 g/mol. The average Bonchev–Trinajstić information content (AvgIpc) is 3.11. The van der Waals surface area contributed by atoms with Crippen LogP contribution in [0.5, 0.6) is 0 Å². The van der Waals surface area contributed by atoms with Crippen molar-refractivity contribution in [1.82, 2.24) is 28.9 Å². The standard InChI is InChI=1S/C16H22N6/c1-10(2)22-12(4)15(11(3)19-22)21-8-7-17-16(21)14-9-18-13(5)20(14)6/h7-10H,1-6H3. The summed E-state index contributed by atoms with van der Waals surface area (Å²) in [5.41, 5.74) is 4.24. The third kappa shape index (κ3) is 2.06. The maximum Gasteiger partial charge on any atom is 0.163 e. The van der Waals surface area contributed by atoms with Gasteiger partial charge in [-0.1, -0.05) is 0 Å². The summed E-state index contributed by atoms with van der Waals surface area (Å²) >= 11 is 0. The molecule has 0 atom stereocenters. The van der Waals surface area contributed by atoms with Gasteiger partial charge in [-0.3, -0.25) is 9.25 Å². The first-order valence-corrected chi connectivity index (χ1v) is 7.50. The van der Waals surface area contributed by atoms with Crippen LogP contribution in [0.2, 0.25) is 0 Å². The molecule has 0 aromatic carbocycles. The van der Waals surface area contributed by atoms with Crippen molar-refractivity contribution in [2.75, 3.05) is 0 Å². The van der Waals surface area contributed by atoms with E-state index in [2.05, 4.69) is 49.7 Å². The molecule has 22 heavy (non-hydrogen) atoms. The van der Waals surface area contributed by atoms with Crippen molar-refractivity contribution in [2.45, 2.75) is 40.7 Å². The lowest BCUT2D eigenvalue weighted by Gasteiger charge is -2.11. The molecule has 0 saturated heterocycles. The highest BCUT2D eigenvalue weighted by Gasteiger charge is 2.19. The van der Waals surface area contributed by atoms with Crippen molar-refractivity contribution in [1.29, 1.82) is 0 Å². The molecule has 116 valence electrons. The quantitative estimate of drug-likeness (QED) is 0.747. The van der Waals surface area contributed by atoms with E-state index in [9.17, 15) is 0 Å². The molecule has 6 nitrogen and oxygen atoms in total. The van der Waals surface area contributed by atoms with Crippen LogP contribution in [0.3, 0.4) is 0 Å². The van der Waals surface area contributed by atoms with Crippen LogP contribution in [0.4, 0.5) is 0 Å². The van der Waals surface area contributed by atoms with Gasteiger partial charge in [-0.25, -0.2) is 9.97 Å². The third-order valence-electron chi connectivity index (χ3n) is 4.11. The fourth-order valence-corrected chi connectivity index (χ4v) is 2.89. The van der Waals surface area contributed by atoms with Crippen LogP contribution in [0.15, 0.2) is 18.6 Å². The van der Waals surface area contributed by atoms with Gasteiger partial charge in [0.25, 0.3) is 0 Å². The Hall–Kier alpha value is -2.37. The van der Waals surface area contributed by atoms with Gasteiger partial charge in [0.05, 0.1) is 23.3 Å². The van der Waals surface area contributed by atoms with E-state index < -0.39 is 0 Å². The van der Waals surface area contributed by atoms with Gasteiger partial charge in [-0.15, -0.1) is 0 Å². The lowest BCUT2D eigenvalue weighted by atomic mass is 10.3. The zero-order valence-corrected chi connectivity index (χ0v) is 14.0. The molecule has 0 spiro atoms. The van der Waals surface area contributed by atoms with Gasteiger partial charge in [0, 0.05) is 25.5 Å². The Labute approximate surface area is 130 Å². The lowest BCUT2D eigenvalue weighted by Crippen LogP contribution is -2.06. The summed E-state index contributed by atoms with van der Waals surface area (Å²) < 4.78 is 6.21. The largest absolute Gasteiger partial charge is 0.329 e. The smallest absolute Gasteiger partial charge is 0.163 e. The molecule has 0 aliphatic rings. The van der Waals surface area contributed by atoms with Crippen molar-refractivity contribution < 1.29 is 0 Å². The van der Waals surface area contributed by atoms with Gasteiger partial charge in [0.15, 0.2) is 5.82 Å². The number of aromatic nitrogens is 6. The van der Waals surface area contributed by atoms with Gasteiger partial charge >= 0.3 is 0 Å². The molecular formula is C16H22N6. The number of hydrogen-bond donors (Lipinski definition) is 0. The van der Waals surface area contributed by atoms with E-state index in [0.717, 1.165) is 34.4 Å². The second-order valence-corrected chi connectivity index (χ2v) is 5.93. The Morgan fingerprint density at radius 2 is 1.82 bits per heavy atom. The van der Waals surface area contributed by atoms with Crippen LogP contribution in [-0.2, 0) is 7.05 Å². The molecule has 3 aromatic heterocycles. The predicted octanol–water partition coefficient (Wildman–Crippen LogP) is 2.98. The fraction of sp³-hybridized carbons (Fsp3) is 0.438. The highest BCUT2D eigenvalue weighted by atomic mass is 15.3. The Kier molecular flexibility index (Phi) is 3.39. The van der Waals surface area contributed by atoms with Crippen LogP contribution in [-0.4, -0.2) is 28.9 Å². The van der Waals surface area contributed by atoms with Gasteiger partial charge in [0.2, 0.25) is 0 Å². The van der Waals surface area contributed by atoms with Crippen molar-refractivity contribution in [3.05, 3.63) is 35.8 Å². The minimum atomic E-state index is 0.332. The number of rotatable bonds is 3. The van der Waals surface area contributed by atoms with Crippen LogP contribution < -0.4 is 0 Å². The average molecular weight is 298 g/mol. The van der Waals surface area contributed by atoms with Crippen LogP contribution in [0.25, 0.3) is 17.2 Å². The van der Waals surface area contributed by atoms with E-state index in [-0.39, 0.29) is 0 Å². The van der Waals surface area contributed by atoms with Crippen molar-refractivity contribution in [3.63, 3.8) is 0 Å². The number of hydrogen-bond acceptors (Lipinski definition) is 3. The van der Waals surface area contributed by atoms with Gasteiger partial charge in [0.1, 0.15) is 11.5 Å². The summed E-state index contributed by atoms with van der Waals surface area (Å²) in [5, 5.41) is 4.67. The minimum Gasteiger partial charge on any atom is -0.329 e. The first kappa shape index (κ1) is 14.6. The van der Waals surface area contributed by atoms with E-state index in [0.29, 0.717) is 6.04 Å². The van der Waals surface area contributed by atoms with Crippen LogP contribution in [0, 0.1) is 20.8 Å². The molecule has 0 aliphatic carbocycles. The molecule has 0 saturated carbocycles. The topological polar surface area (TPSA) is 53.5 Å². The SMILES string of the molecule is Cc1nn(C(C)C)c(C)c1-n1ccnc1-c1cnc(C)n1C. The first-order chi connectivity index (χ1) is 10.4. The van der Waals surface area contributed by atoms with E-state index >= 15 is 0 Å². The first-order valence-electron chi connectivity index (χ1n) is 7.50. The highest BCUT2D eigenvalue weighted by Crippen LogP contribution is 2.27. The number of imidazole rings is 2. The van der Waals surface area contributed by atoms with E-state index in [4.69, 9.17) is 0 Å². The van der Waals surface area contributed by atoms with Crippen molar-refractivity contribution in [3.8, 4) is 17.2 Å². The Morgan fingerprint density at radius 1 is 1.09 bits per heavy atom. The zero-order valence-electron chi connectivity index (χ0n) is 14.0. The molecule has 0 unspecified atom stereocenters. The molecule has 6 heteroatoms. The molecule has 0 amide bonds. The second-order valence-electron chi connectivity index (χ2n) is 5.93. The van der Waals surface area contributed by atoms with E-state index in [1.165, 1.54) is 0 Å². The summed E-state index contributed by atoms with van der Waals surface area (Å²) in [5.74, 6) is 1.86. The molecule has 0 radical (unpaired) electrons. The maximum atomic E-state index is 4.67. The molecular weight excluding hydrogens is 276 g/mol. The fourth-order valence-electron chi connectivity index (χ4n) is 2.89. The normalized spacial score (nSPS) is 11.6. The maximum absolute atomic E-state index is 4.67. The molecule has 3 heterocycles. The lowest BCUT2D eigenvalue weighted by molar-refractivity contribution is 0.516. The van der Waals surface area contributed by atoms with Crippen LogP contribution >= 0.6 is 0 Å². The van der Waals surface area contributed by atoms with Gasteiger partial charge < -0.3 is 4.57 Å². The van der Waals surface area contributed by atoms with Gasteiger partial charge in [-0.2, -0.15) is 5.10 Å². The molecule has 3 rings (SSSR count). The molecule has 0 aliphatic heterocycles. The highest BCUT2D eigenvalue weighted by molar-refractivity contribution is 5.56. The van der Waals surface area contributed by atoms with E-state index in [1.54, 1.807) is 0 Å². The van der Waals surface area contributed by atoms with Crippen LogP contribution in [0.1, 0.15) is 37.1 Å². The molecule has 0 N–H and O–H groups in total. The zero-order chi connectivity index (χ0) is 16.0. The molecule has 0 fully saturated rings. The second kappa shape index (κ2) is 5.12. The molecule has 3 aromatic rings. The predicted molar refractivity (Wildman–Crippen MR) is 86.1 cm³/mol. The summed E-state index contributed by atoms with van der Waals surface area (Å²) in [6, 6.07) is 0.332. The Bertz CT molecular complexity index is 818. The summed E-state index contributed by atoms with van der Waals surface area (Å²) in [4.78, 5) is 8.91. The van der Waals surface area contributed by atoms with Crippen molar-refractivity contribution >= 4 is 0 Å². The summed E-state index contributed by atoms with van der Waals surface area (Å²) in [6.45, 7) is 10.4. The minimum absolute atomic E-state index is 0.332. The summed E-state index contributed by atoms with van der Waals surface area (Å²) in [6.07, 6.45) is 5.67. The summed E-state index contributed by atoms with van der Waals surface area (Å²) in [7, 11) is 2.01. The Morgan fingerprint density at radius 3 is 2.36 bits per heavy atom. The van der Waals surface area contributed by atoms with Gasteiger partial charge in [-0.05, 0) is 34.6 Å². The van der Waals surface area contributed by atoms with E-state index in [1.807, 2.05) is 39.5 Å². The Balaban J connectivity index is 2.20. The molecule has 0 bridgehead atoms. The number of aryl methyl sites for hydroxylation is 2. The van der Waals surface area contributed by atoms with Crippen molar-refractivity contribution in [2.24, 2.45) is 7.05 Å².